The number of ether oxygens (including phenoxy) is 1. The lowest BCUT2D eigenvalue weighted by Crippen LogP contribution is -2.26. The molecule has 1 amide bonds. The number of nitrogens with one attached hydrogen (secondary N) is 1. The molecule has 6 nitrogen and oxygen atoms in total. The Labute approximate surface area is 129 Å². The van der Waals surface area contributed by atoms with E-state index in [1.807, 2.05) is 23.1 Å². The van der Waals surface area contributed by atoms with E-state index < -0.39 is 0 Å². The molecule has 0 spiro atoms. The number of hydrogen-bond donors (Lipinski definition) is 1. The number of carbonyl (C=O) groups excluding carboxylic acids is 1. The highest BCUT2D eigenvalue weighted by molar-refractivity contribution is 5.73. The predicted molar refractivity (Wildman–Crippen MR) is 82.3 cm³/mol. The highest BCUT2D eigenvalue weighted by atomic mass is 16.5. The van der Waals surface area contributed by atoms with Crippen molar-refractivity contribution in [3.63, 3.8) is 0 Å². The van der Waals surface area contributed by atoms with E-state index >= 15 is 0 Å². The number of amides is 1. The van der Waals surface area contributed by atoms with E-state index in [9.17, 15) is 4.79 Å². The molecule has 6 heteroatoms. The molecule has 0 saturated carbocycles. The molecule has 2 aromatic rings. The molecule has 1 aliphatic rings. The van der Waals surface area contributed by atoms with Crippen molar-refractivity contribution in [3.05, 3.63) is 30.6 Å². The smallest absolute Gasteiger partial charge is 0.219 e. The van der Waals surface area contributed by atoms with Crippen LogP contribution < -0.4 is 4.74 Å². The normalized spacial score (nSPS) is 17.7. The predicted octanol–water partition coefficient (Wildman–Crippen LogP) is 2.11. The monoisotopic (exact) mass is 300 g/mol. The molecule has 116 valence electrons. The molecule has 0 radical (unpaired) electrons. The van der Waals surface area contributed by atoms with Gasteiger partial charge < -0.3 is 9.64 Å². The van der Waals surface area contributed by atoms with E-state index in [2.05, 4.69) is 15.2 Å². The van der Waals surface area contributed by atoms with Crippen LogP contribution in [0.3, 0.4) is 0 Å². The summed E-state index contributed by atoms with van der Waals surface area (Å²) >= 11 is 0. The quantitative estimate of drug-likeness (QED) is 0.918. The highest BCUT2D eigenvalue weighted by Crippen LogP contribution is 2.21. The second-order valence-corrected chi connectivity index (χ2v) is 5.61. The molecule has 0 aliphatic carbocycles. The number of hydrogen-bond acceptors (Lipinski definition) is 4. The van der Waals surface area contributed by atoms with Gasteiger partial charge in [0.2, 0.25) is 5.91 Å². The Morgan fingerprint density at radius 2 is 2.36 bits per heavy atom. The Hall–Kier alpha value is -2.37. The van der Waals surface area contributed by atoms with Crippen molar-refractivity contribution in [1.82, 2.24) is 20.1 Å². The first-order chi connectivity index (χ1) is 10.7. The first-order valence-electron chi connectivity index (χ1n) is 7.56. The van der Waals surface area contributed by atoms with Crippen LogP contribution in [0.5, 0.6) is 5.75 Å². The van der Waals surface area contributed by atoms with Gasteiger partial charge in [-0.3, -0.25) is 14.9 Å². The summed E-state index contributed by atoms with van der Waals surface area (Å²) < 4.78 is 5.74. The summed E-state index contributed by atoms with van der Waals surface area (Å²) in [5.74, 6) is 1.48. The van der Waals surface area contributed by atoms with Gasteiger partial charge in [-0.05, 0) is 37.0 Å². The number of likely N-dealkylation sites (tertiary alicyclic amines) is 1. The van der Waals surface area contributed by atoms with Gasteiger partial charge in [0.25, 0.3) is 0 Å². The van der Waals surface area contributed by atoms with Crippen LogP contribution in [0.15, 0.2) is 30.6 Å². The van der Waals surface area contributed by atoms with Crippen LogP contribution in [-0.2, 0) is 4.79 Å². The highest BCUT2D eigenvalue weighted by Gasteiger charge is 2.23. The molecule has 3 rings (SSSR count). The average molecular weight is 300 g/mol. The van der Waals surface area contributed by atoms with Crippen LogP contribution in [0.4, 0.5) is 0 Å². The van der Waals surface area contributed by atoms with Crippen LogP contribution in [0.25, 0.3) is 11.4 Å². The second kappa shape index (κ2) is 6.60. The van der Waals surface area contributed by atoms with Gasteiger partial charge in [-0.2, -0.15) is 5.10 Å². The first kappa shape index (κ1) is 14.6. The number of rotatable bonds is 5. The Bertz CT molecular complexity index is 610. The molecular formula is C16H20N4O2. The lowest BCUT2D eigenvalue weighted by atomic mass is 10.1. The van der Waals surface area contributed by atoms with Crippen molar-refractivity contribution in [2.24, 2.45) is 5.92 Å². The fourth-order valence-electron chi connectivity index (χ4n) is 2.72. The van der Waals surface area contributed by atoms with Crippen molar-refractivity contribution in [1.29, 1.82) is 0 Å². The van der Waals surface area contributed by atoms with Gasteiger partial charge in [-0.25, -0.2) is 0 Å². The third-order valence-electron chi connectivity index (χ3n) is 4.04. The average Bonchev–Trinajstić information content (AvgIpc) is 3.19. The molecule has 2 aromatic heterocycles. The van der Waals surface area contributed by atoms with Crippen molar-refractivity contribution in [2.75, 3.05) is 19.7 Å². The summed E-state index contributed by atoms with van der Waals surface area (Å²) in [5, 5.41) is 6.79. The van der Waals surface area contributed by atoms with E-state index in [-0.39, 0.29) is 5.91 Å². The molecule has 1 saturated heterocycles. The molecule has 1 atom stereocenters. The Kier molecular flexibility index (Phi) is 4.37. The number of aromatic nitrogens is 3. The van der Waals surface area contributed by atoms with Crippen molar-refractivity contribution >= 4 is 5.91 Å². The van der Waals surface area contributed by atoms with E-state index in [4.69, 9.17) is 4.74 Å². The second-order valence-electron chi connectivity index (χ2n) is 5.61. The maximum absolute atomic E-state index is 11.3. The maximum atomic E-state index is 11.3. The van der Waals surface area contributed by atoms with E-state index in [0.717, 1.165) is 43.1 Å². The van der Waals surface area contributed by atoms with Crippen molar-refractivity contribution in [3.8, 4) is 17.1 Å². The van der Waals surface area contributed by atoms with Crippen LogP contribution in [0.2, 0.25) is 0 Å². The Morgan fingerprint density at radius 1 is 1.45 bits per heavy atom. The molecule has 3 heterocycles. The minimum Gasteiger partial charge on any atom is -0.492 e. The van der Waals surface area contributed by atoms with E-state index in [0.29, 0.717) is 12.5 Å². The zero-order chi connectivity index (χ0) is 15.4. The third-order valence-corrected chi connectivity index (χ3v) is 4.04. The molecule has 0 bridgehead atoms. The largest absolute Gasteiger partial charge is 0.492 e. The van der Waals surface area contributed by atoms with Gasteiger partial charge in [-0.15, -0.1) is 0 Å². The molecule has 22 heavy (non-hydrogen) atoms. The van der Waals surface area contributed by atoms with Crippen LogP contribution in [-0.4, -0.2) is 45.7 Å². The summed E-state index contributed by atoms with van der Waals surface area (Å²) in [6.45, 7) is 4.02. The number of carbonyl (C=O) groups is 1. The number of H-pyrrole nitrogens is 1. The minimum absolute atomic E-state index is 0.169. The topological polar surface area (TPSA) is 71.1 Å². The fraction of sp³-hybridized carbons (Fsp3) is 0.438. The summed E-state index contributed by atoms with van der Waals surface area (Å²) in [4.78, 5) is 17.6. The minimum atomic E-state index is 0.169. The molecule has 1 fully saturated rings. The lowest BCUT2D eigenvalue weighted by Gasteiger charge is -2.14. The lowest BCUT2D eigenvalue weighted by molar-refractivity contribution is -0.127. The Balaban J connectivity index is 1.45. The van der Waals surface area contributed by atoms with Gasteiger partial charge in [0.15, 0.2) is 0 Å². The molecule has 0 aromatic carbocycles. The van der Waals surface area contributed by atoms with Gasteiger partial charge in [0.05, 0.1) is 24.2 Å². The zero-order valence-electron chi connectivity index (χ0n) is 12.7. The van der Waals surface area contributed by atoms with Gasteiger partial charge in [0, 0.05) is 26.2 Å². The number of aromatic amines is 1. The van der Waals surface area contributed by atoms with E-state index in [1.165, 1.54) is 0 Å². The maximum Gasteiger partial charge on any atom is 0.219 e. The molecular weight excluding hydrogens is 280 g/mol. The summed E-state index contributed by atoms with van der Waals surface area (Å²) in [6, 6.07) is 5.71. The third kappa shape index (κ3) is 3.44. The van der Waals surface area contributed by atoms with Gasteiger partial charge >= 0.3 is 0 Å². The van der Waals surface area contributed by atoms with Gasteiger partial charge in [0.1, 0.15) is 5.75 Å². The van der Waals surface area contributed by atoms with Crippen molar-refractivity contribution in [2.45, 2.75) is 19.8 Å². The summed E-state index contributed by atoms with van der Waals surface area (Å²) in [6.07, 6.45) is 5.46. The standard InChI is InChI=1S/C16H20N4O2/c1-12(21)20-8-5-13(11-20)6-9-22-14-2-3-15(17-10-14)16-4-7-18-19-16/h2-4,7,10,13H,5-6,8-9,11H2,1H3,(H,18,19)/t13-/m1/s1. The SMILES string of the molecule is CC(=O)N1CC[C@H](CCOc2ccc(-c3ccn[nH]3)nc2)C1. The molecule has 0 unspecified atom stereocenters. The van der Waals surface area contributed by atoms with Crippen LogP contribution in [0, 0.1) is 5.92 Å². The summed E-state index contributed by atoms with van der Waals surface area (Å²) in [7, 11) is 0. The van der Waals surface area contributed by atoms with Gasteiger partial charge in [-0.1, -0.05) is 0 Å². The molecule has 1 aliphatic heterocycles. The van der Waals surface area contributed by atoms with Crippen molar-refractivity contribution < 1.29 is 9.53 Å². The van der Waals surface area contributed by atoms with E-state index in [1.54, 1.807) is 19.3 Å². The first-order valence-corrected chi connectivity index (χ1v) is 7.56. The summed E-state index contributed by atoms with van der Waals surface area (Å²) in [5.41, 5.74) is 1.74. The number of pyridine rings is 1. The zero-order valence-corrected chi connectivity index (χ0v) is 12.7. The van der Waals surface area contributed by atoms with Crippen LogP contribution >= 0.6 is 0 Å². The molecule has 1 N–H and O–H groups in total. The Morgan fingerprint density at radius 3 is 3.00 bits per heavy atom. The van der Waals surface area contributed by atoms with Crippen LogP contribution in [0.1, 0.15) is 19.8 Å². The number of nitrogens with zero attached hydrogens (tertiary/aromatic N) is 3. The fourth-order valence-corrected chi connectivity index (χ4v) is 2.72.